The van der Waals surface area contributed by atoms with Gasteiger partial charge in [0.25, 0.3) is 0 Å². The van der Waals surface area contributed by atoms with Crippen molar-refractivity contribution in [2.24, 2.45) is 22.2 Å². The molecule has 0 bridgehead atoms. The lowest BCUT2D eigenvalue weighted by atomic mass is 10.0. The first-order valence-corrected chi connectivity index (χ1v) is 11.2. The van der Waals surface area contributed by atoms with Gasteiger partial charge in [-0.1, -0.05) is 0 Å². The highest BCUT2D eigenvalue weighted by Crippen LogP contribution is 2.27. The van der Waals surface area contributed by atoms with Crippen LogP contribution < -0.4 is 33.0 Å². The number of nitrogens with two attached hydrogens (primary N) is 3. The summed E-state index contributed by atoms with van der Waals surface area (Å²) < 4.78 is 5.28. The molecule has 3 amide bonds. The molecule has 0 spiro atoms. The minimum atomic E-state index is -1.19. The first-order chi connectivity index (χ1) is 17.0. The Morgan fingerprint density at radius 3 is 2.50 bits per heavy atom. The number of aryl methyl sites for hydroxylation is 1. The Morgan fingerprint density at radius 1 is 1.14 bits per heavy atom. The zero-order valence-corrected chi connectivity index (χ0v) is 19.9. The number of carbonyl (C=O) groups is 4. The number of hydrogen-bond acceptors (Lipinski definition) is 8. The lowest BCUT2D eigenvalue weighted by molar-refractivity contribution is -0.137. The van der Waals surface area contributed by atoms with Gasteiger partial charge in [0.1, 0.15) is 11.6 Å². The molecule has 1 heterocycles. The number of carboxylic acids is 1. The molecule has 8 N–H and O–H groups in total. The van der Waals surface area contributed by atoms with Crippen molar-refractivity contribution < 1.29 is 28.7 Å². The lowest BCUT2D eigenvalue weighted by Crippen LogP contribution is -2.52. The van der Waals surface area contributed by atoms with Crippen molar-refractivity contribution in [2.75, 3.05) is 18.0 Å². The maximum Gasteiger partial charge on any atom is 0.336 e. The highest BCUT2D eigenvalue weighted by Gasteiger charge is 2.32. The van der Waals surface area contributed by atoms with Crippen LogP contribution in [-0.4, -0.2) is 53.9 Å². The minimum Gasteiger partial charge on any atom is -0.481 e. The number of guanidine groups is 1. The summed E-state index contributed by atoms with van der Waals surface area (Å²) in [7, 11) is 0. The van der Waals surface area contributed by atoms with Gasteiger partial charge < -0.3 is 26.7 Å². The number of amides is 3. The van der Waals surface area contributed by atoms with E-state index in [0.717, 1.165) is 4.90 Å². The predicted molar refractivity (Wildman–Crippen MR) is 132 cm³/mol. The number of rotatable bonds is 12. The van der Waals surface area contributed by atoms with Crippen LogP contribution in [0.4, 0.5) is 5.69 Å². The molecule has 194 valence electrons. The Morgan fingerprint density at radius 2 is 1.86 bits per heavy atom. The molecule has 1 aromatic heterocycles. The number of anilines is 1. The van der Waals surface area contributed by atoms with E-state index >= 15 is 0 Å². The summed E-state index contributed by atoms with van der Waals surface area (Å²) in [4.78, 5) is 66.1. The molecule has 2 rings (SSSR count). The minimum absolute atomic E-state index is 0.0243. The van der Waals surface area contributed by atoms with Crippen molar-refractivity contribution in [3.05, 3.63) is 40.2 Å². The van der Waals surface area contributed by atoms with Crippen LogP contribution in [0.25, 0.3) is 11.0 Å². The van der Waals surface area contributed by atoms with E-state index in [1.165, 1.54) is 12.1 Å². The number of carbonyl (C=O) groups excluding carboxylic acids is 3. The van der Waals surface area contributed by atoms with E-state index < -0.39 is 41.9 Å². The van der Waals surface area contributed by atoms with Gasteiger partial charge in [0.15, 0.2) is 5.96 Å². The number of hydrogen-bond donors (Lipinski definition) is 5. The topological polar surface area (TPSA) is 224 Å². The summed E-state index contributed by atoms with van der Waals surface area (Å²) in [6.07, 6.45) is -0.0894. The van der Waals surface area contributed by atoms with Crippen LogP contribution in [0, 0.1) is 6.92 Å². The van der Waals surface area contributed by atoms with E-state index in [0.29, 0.717) is 10.9 Å². The molecule has 1 atom stereocenters. The Kier molecular flexibility index (Phi) is 10.1. The maximum absolute atomic E-state index is 13.3. The molecule has 0 radical (unpaired) electrons. The molecule has 0 fully saturated rings. The quantitative estimate of drug-likeness (QED) is 0.110. The molecule has 13 nitrogen and oxygen atoms in total. The van der Waals surface area contributed by atoms with E-state index in [4.69, 9.17) is 26.7 Å². The van der Waals surface area contributed by atoms with Crippen LogP contribution in [0.15, 0.2) is 38.5 Å². The SMILES string of the molecule is Cc1cc(=O)oc2cc(N(C(=O)CCCC(=O)O)C(CCCN=C(N)N)C(=O)NC(=O)CN)ccc12. The van der Waals surface area contributed by atoms with Crippen molar-refractivity contribution in [2.45, 2.75) is 45.1 Å². The number of carboxylic acid groups (broad SMARTS) is 1. The van der Waals surface area contributed by atoms with Crippen LogP contribution >= 0.6 is 0 Å². The molecule has 2 aromatic rings. The third-order valence-corrected chi connectivity index (χ3v) is 5.26. The molecule has 0 aliphatic carbocycles. The summed E-state index contributed by atoms with van der Waals surface area (Å²) in [5.41, 5.74) is 16.5. The van der Waals surface area contributed by atoms with E-state index in [-0.39, 0.29) is 55.9 Å². The molecule has 0 saturated carbocycles. The van der Waals surface area contributed by atoms with Gasteiger partial charge in [-0.25, -0.2) is 4.79 Å². The average Bonchev–Trinajstić information content (AvgIpc) is 2.79. The average molecular weight is 503 g/mol. The van der Waals surface area contributed by atoms with Crippen molar-refractivity contribution in [3.63, 3.8) is 0 Å². The zero-order chi connectivity index (χ0) is 26.8. The number of aliphatic imine (C=N–C) groups is 1. The summed E-state index contributed by atoms with van der Waals surface area (Å²) in [6.45, 7) is 1.44. The van der Waals surface area contributed by atoms with E-state index in [9.17, 15) is 24.0 Å². The van der Waals surface area contributed by atoms with E-state index in [1.807, 2.05) is 0 Å². The second kappa shape index (κ2) is 13.0. The van der Waals surface area contributed by atoms with Crippen LogP contribution in [0.2, 0.25) is 0 Å². The molecule has 13 heteroatoms. The Hall–Kier alpha value is -4.26. The third-order valence-electron chi connectivity index (χ3n) is 5.26. The van der Waals surface area contributed by atoms with Gasteiger partial charge in [0, 0.05) is 42.6 Å². The summed E-state index contributed by atoms with van der Waals surface area (Å²) in [6, 6.07) is 4.79. The number of imide groups is 1. The molecule has 0 aliphatic heterocycles. The highest BCUT2D eigenvalue weighted by molar-refractivity contribution is 6.06. The number of benzene rings is 1. The third kappa shape index (κ3) is 7.91. The summed E-state index contributed by atoms with van der Waals surface area (Å²) >= 11 is 0. The maximum atomic E-state index is 13.3. The zero-order valence-electron chi connectivity index (χ0n) is 19.9. The van der Waals surface area contributed by atoms with Crippen molar-refractivity contribution >= 4 is 46.3 Å². The van der Waals surface area contributed by atoms with Gasteiger partial charge in [0.2, 0.25) is 17.7 Å². The molecule has 36 heavy (non-hydrogen) atoms. The van der Waals surface area contributed by atoms with E-state index in [2.05, 4.69) is 10.3 Å². The van der Waals surface area contributed by atoms with Crippen LogP contribution in [-0.2, 0) is 19.2 Å². The highest BCUT2D eigenvalue weighted by atomic mass is 16.4. The van der Waals surface area contributed by atoms with Gasteiger partial charge in [-0.05, 0) is 43.9 Å². The van der Waals surface area contributed by atoms with Gasteiger partial charge in [0.05, 0.1) is 6.54 Å². The molecule has 1 aromatic carbocycles. The molecular formula is C23H30N6O7. The standard InChI is InChI=1S/C23H30N6O7/c1-13-10-21(34)36-17-11-14(7-8-15(13)17)29(19(31)5-2-6-20(32)33)16(4-3-9-27-23(25)26)22(35)28-18(30)12-24/h7-8,10-11,16H,2-6,9,12,24H2,1H3,(H,32,33)(H4,25,26,27)(H,28,30,35). The van der Waals surface area contributed by atoms with Gasteiger partial charge in [-0.2, -0.15) is 0 Å². The van der Waals surface area contributed by atoms with Crippen molar-refractivity contribution in [1.82, 2.24) is 5.32 Å². The van der Waals surface area contributed by atoms with Crippen LogP contribution in [0.3, 0.4) is 0 Å². The number of aliphatic carboxylic acids is 1. The second-order valence-electron chi connectivity index (χ2n) is 8.02. The van der Waals surface area contributed by atoms with Crippen molar-refractivity contribution in [3.8, 4) is 0 Å². The van der Waals surface area contributed by atoms with Gasteiger partial charge in [-0.3, -0.25) is 34.4 Å². The fraction of sp³-hybridized carbons (Fsp3) is 0.391. The number of nitrogens with zero attached hydrogens (tertiary/aromatic N) is 2. The monoisotopic (exact) mass is 502 g/mol. The van der Waals surface area contributed by atoms with E-state index in [1.54, 1.807) is 19.1 Å². The largest absolute Gasteiger partial charge is 0.481 e. The second-order valence-corrected chi connectivity index (χ2v) is 8.02. The lowest BCUT2D eigenvalue weighted by Gasteiger charge is -2.31. The molecule has 0 aliphatic rings. The number of nitrogens with one attached hydrogen (secondary N) is 1. The Bertz CT molecular complexity index is 1220. The smallest absolute Gasteiger partial charge is 0.336 e. The van der Waals surface area contributed by atoms with Crippen molar-refractivity contribution in [1.29, 1.82) is 0 Å². The first kappa shape index (κ1) is 28.0. The molecule has 0 saturated heterocycles. The fourth-order valence-corrected chi connectivity index (χ4v) is 3.61. The normalized spacial score (nSPS) is 11.5. The van der Waals surface area contributed by atoms with Crippen LogP contribution in [0.1, 0.15) is 37.7 Å². The molecule has 1 unspecified atom stereocenters. The summed E-state index contributed by atoms with van der Waals surface area (Å²) in [5, 5.41) is 11.7. The Balaban J connectivity index is 2.54. The van der Waals surface area contributed by atoms with Gasteiger partial charge in [-0.15, -0.1) is 0 Å². The Labute approximate surface area is 206 Å². The predicted octanol–water partition coefficient (Wildman–Crippen LogP) is -0.287. The number of fused-ring (bicyclic) bond motifs is 1. The first-order valence-electron chi connectivity index (χ1n) is 11.2. The fourth-order valence-electron chi connectivity index (χ4n) is 3.61. The molecular weight excluding hydrogens is 472 g/mol. The van der Waals surface area contributed by atoms with Gasteiger partial charge >= 0.3 is 11.6 Å². The summed E-state index contributed by atoms with van der Waals surface area (Å²) in [5.74, 6) is -3.30. The van der Waals surface area contributed by atoms with Crippen LogP contribution in [0.5, 0.6) is 0 Å².